The van der Waals surface area contributed by atoms with Gasteiger partial charge in [0.15, 0.2) is 0 Å². The van der Waals surface area contributed by atoms with Gasteiger partial charge in [-0.3, -0.25) is 0 Å². The molecule has 1 rings (SSSR count). The maximum Gasteiger partial charge on any atom is 0.392 e. The molecule has 108 valence electrons. The summed E-state index contributed by atoms with van der Waals surface area (Å²) in [5.74, 6) is -1.33. The molecule has 0 heterocycles. The largest absolute Gasteiger partial charge is 0.392 e. The minimum Gasteiger partial charge on any atom is -0.315 e. The van der Waals surface area contributed by atoms with Gasteiger partial charge in [-0.2, -0.15) is 13.2 Å². The highest BCUT2D eigenvalue weighted by Gasteiger charge is 2.44. The van der Waals surface area contributed by atoms with Crippen molar-refractivity contribution in [2.45, 2.75) is 45.2 Å². The SMILES string of the molecule is CCCNCCNCC1CCCCC1C(F)(F)F. The fourth-order valence-electron chi connectivity index (χ4n) is 2.65. The van der Waals surface area contributed by atoms with Crippen molar-refractivity contribution in [2.75, 3.05) is 26.2 Å². The molecule has 0 aromatic rings. The van der Waals surface area contributed by atoms with Crippen LogP contribution in [0.5, 0.6) is 0 Å². The molecule has 5 heteroatoms. The molecule has 0 aliphatic heterocycles. The van der Waals surface area contributed by atoms with E-state index in [2.05, 4.69) is 17.6 Å². The van der Waals surface area contributed by atoms with E-state index in [0.29, 0.717) is 19.4 Å². The Morgan fingerprint density at radius 3 is 2.33 bits per heavy atom. The maximum atomic E-state index is 12.8. The fraction of sp³-hybridized carbons (Fsp3) is 1.00. The average Bonchev–Trinajstić information content (AvgIpc) is 2.33. The molecule has 1 fully saturated rings. The predicted octanol–water partition coefficient (Wildman–Crippen LogP) is 2.94. The summed E-state index contributed by atoms with van der Waals surface area (Å²) in [6.45, 7) is 5.14. The minimum atomic E-state index is -4.02. The van der Waals surface area contributed by atoms with Crippen molar-refractivity contribution in [2.24, 2.45) is 11.8 Å². The Morgan fingerprint density at radius 1 is 1.00 bits per heavy atom. The summed E-state index contributed by atoms with van der Waals surface area (Å²) in [6.07, 6.45) is -0.263. The van der Waals surface area contributed by atoms with Gasteiger partial charge in [0.05, 0.1) is 5.92 Å². The third-order valence-corrected chi connectivity index (χ3v) is 3.64. The molecular formula is C13H25F3N2. The highest BCUT2D eigenvalue weighted by atomic mass is 19.4. The van der Waals surface area contributed by atoms with Gasteiger partial charge in [0, 0.05) is 13.1 Å². The molecule has 2 unspecified atom stereocenters. The topological polar surface area (TPSA) is 24.1 Å². The van der Waals surface area contributed by atoms with E-state index in [1.54, 1.807) is 0 Å². The monoisotopic (exact) mass is 266 g/mol. The molecule has 0 saturated heterocycles. The molecule has 2 atom stereocenters. The molecule has 0 aromatic heterocycles. The van der Waals surface area contributed by atoms with Crippen LogP contribution in [0.3, 0.4) is 0 Å². The van der Waals surface area contributed by atoms with Crippen molar-refractivity contribution in [1.29, 1.82) is 0 Å². The molecule has 18 heavy (non-hydrogen) atoms. The lowest BCUT2D eigenvalue weighted by molar-refractivity contribution is -0.195. The molecule has 0 bridgehead atoms. The molecular weight excluding hydrogens is 241 g/mol. The van der Waals surface area contributed by atoms with Crippen LogP contribution in [0.15, 0.2) is 0 Å². The van der Waals surface area contributed by atoms with Crippen LogP contribution in [-0.4, -0.2) is 32.4 Å². The number of hydrogen-bond donors (Lipinski definition) is 2. The molecule has 0 amide bonds. The van der Waals surface area contributed by atoms with E-state index in [1.807, 2.05) is 0 Å². The Balaban J connectivity index is 2.21. The van der Waals surface area contributed by atoms with Gasteiger partial charge in [0.1, 0.15) is 0 Å². The minimum absolute atomic E-state index is 0.232. The van der Waals surface area contributed by atoms with E-state index in [-0.39, 0.29) is 5.92 Å². The highest BCUT2D eigenvalue weighted by molar-refractivity contribution is 4.81. The van der Waals surface area contributed by atoms with E-state index >= 15 is 0 Å². The molecule has 2 nitrogen and oxygen atoms in total. The van der Waals surface area contributed by atoms with Gasteiger partial charge in [-0.25, -0.2) is 0 Å². The van der Waals surface area contributed by atoms with E-state index in [1.165, 1.54) is 0 Å². The first-order valence-electron chi connectivity index (χ1n) is 7.04. The van der Waals surface area contributed by atoms with Crippen LogP contribution in [0, 0.1) is 11.8 Å². The predicted molar refractivity (Wildman–Crippen MR) is 67.5 cm³/mol. The Labute approximate surface area is 108 Å². The standard InChI is InChI=1S/C13H25F3N2/c1-2-7-17-8-9-18-10-11-5-3-4-6-12(11)13(14,15)16/h11-12,17-18H,2-10H2,1H3. The first-order valence-corrected chi connectivity index (χ1v) is 7.04. The Kier molecular flexibility index (Phi) is 7.00. The van der Waals surface area contributed by atoms with E-state index in [9.17, 15) is 13.2 Å². The first-order chi connectivity index (χ1) is 8.55. The van der Waals surface area contributed by atoms with Crippen LogP contribution in [0.4, 0.5) is 13.2 Å². The van der Waals surface area contributed by atoms with Crippen LogP contribution in [0.25, 0.3) is 0 Å². The summed E-state index contributed by atoms with van der Waals surface area (Å²) >= 11 is 0. The summed E-state index contributed by atoms with van der Waals surface area (Å²) in [4.78, 5) is 0. The third-order valence-electron chi connectivity index (χ3n) is 3.64. The second kappa shape index (κ2) is 8.00. The number of rotatable bonds is 7. The van der Waals surface area contributed by atoms with Crippen LogP contribution >= 0.6 is 0 Å². The van der Waals surface area contributed by atoms with Gasteiger partial charge in [-0.1, -0.05) is 19.8 Å². The zero-order chi connectivity index (χ0) is 13.4. The second-order valence-corrected chi connectivity index (χ2v) is 5.15. The van der Waals surface area contributed by atoms with Crippen LogP contribution in [0.1, 0.15) is 39.0 Å². The summed E-state index contributed by atoms with van der Waals surface area (Å²) in [7, 11) is 0. The molecule has 2 N–H and O–H groups in total. The van der Waals surface area contributed by atoms with Gasteiger partial charge in [-0.05, 0) is 38.3 Å². The number of hydrogen-bond acceptors (Lipinski definition) is 2. The van der Waals surface area contributed by atoms with Crippen molar-refractivity contribution in [3.63, 3.8) is 0 Å². The quantitative estimate of drug-likeness (QED) is 0.692. The number of halogens is 3. The fourth-order valence-corrected chi connectivity index (χ4v) is 2.65. The van der Waals surface area contributed by atoms with E-state index in [0.717, 1.165) is 38.9 Å². The Morgan fingerprint density at radius 2 is 1.67 bits per heavy atom. The van der Waals surface area contributed by atoms with Crippen LogP contribution < -0.4 is 10.6 Å². The van der Waals surface area contributed by atoms with E-state index in [4.69, 9.17) is 0 Å². The Bertz CT molecular complexity index is 219. The lowest BCUT2D eigenvalue weighted by Gasteiger charge is -2.33. The Hall–Kier alpha value is -0.290. The van der Waals surface area contributed by atoms with Crippen molar-refractivity contribution >= 4 is 0 Å². The van der Waals surface area contributed by atoms with Crippen LogP contribution in [0.2, 0.25) is 0 Å². The number of alkyl halides is 3. The van der Waals surface area contributed by atoms with Crippen molar-refractivity contribution in [3.05, 3.63) is 0 Å². The van der Waals surface area contributed by atoms with Gasteiger partial charge in [0.25, 0.3) is 0 Å². The maximum absolute atomic E-state index is 12.8. The van der Waals surface area contributed by atoms with Gasteiger partial charge in [0.2, 0.25) is 0 Å². The average molecular weight is 266 g/mol. The molecule has 0 radical (unpaired) electrons. The molecule has 1 aliphatic carbocycles. The lowest BCUT2D eigenvalue weighted by Crippen LogP contribution is -2.40. The molecule has 1 saturated carbocycles. The third kappa shape index (κ3) is 5.57. The van der Waals surface area contributed by atoms with Gasteiger partial charge < -0.3 is 10.6 Å². The normalized spacial score (nSPS) is 25.3. The smallest absolute Gasteiger partial charge is 0.315 e. The highest BCUT2D eigenvalue weighted by Crippen LogP contribution is 2.41. The summed E-state index contributed by atoms with van der Waals surface area (Å²) < 4.78 is 38.5. The molecule has 0 spiro atoms. The summed E-state index contributed by atoms with van der Waals surface area (Å²) in [5.41, 5.74) is 0. The zero-order valence-electron chi connectivity index (χ0n) is 11.2. The summed E-state index contributed by atoms with van der Waals surface area (Å²) in [6, 6.07) is 0. The van der Waals surface area contributed by atoms with Crippen LogP contribution in [-0.2, 0) is 0 Å². The number of nitrogens with one attached hydrogen (secondary N) is 2. The molecule has 1 aliphatic rings. The van der Waals surface area contributed by atoms with Gasteiger partial charge in [-0.15, -0.1) is 0 Å². The molecule has 0 aromatic carbocycles. The first kappa shape index (κ1) is 15.8. The van der Waals surface area contributed by atoms with Crippen molar-refractivity contribution in [1.82, 2.24) is 10.6 Å². The lowest BCUT2D eigenvalue weighted by atomic mass is 9.79. The van der Waals surface area contributed by atoms with E-state index < -0.39 is 12.1 Å². The second-order valence-electron chi connectivity index (χ2n) is 5.15. The summed E-state index contributed by atoms with van der Waals surface area (Å²) in [5, 5.41) is 6.38. The zero-order valence-corrected chi connectivity index (χ0v) is 11.2. The van der Waals surface area contributed by atoms with Crippen molar-refractivity contribution < 1.29 is 13.2 Å². The van der Waals surface area contributed by atoms with Crippen molar-refractivity contribution in [3.8, 4) is 0 Å². The van der Waals surface area contributed by atoms with Gasteiger partial charge >= 0.3 is 6.18 Å².